The van der Waals surface area contributed by atoms with Crippen LogP contribution in [0.3, 0.4) is 0 Å². The summed E-state index contributed by atoms with van der Waals surface area (Å²) in [6.45, 7) is 3.14. The third-order valence-corrected chi connectivity index (χ3v) is 3.62. The topological polar surface area (TPSA) is 77.9 Å². The van der Waals surface area contributed by atoms with Gasteiger partial charge in [0, 0.05) is 20.5 Å². The Morgan fingerprint density at radius 2 is 1.77 bits per heavy atom. The summed E-state index contributed by atoms with van der Waals surface area (Å²) in [4.78, 5) is 37.2. The Morgan fingerprint density at radius 3 is 2.27 bits per heavy atom. The minimum Gasteiger partial charge on any atom is -0.480 e. The van der Waals surface area contributed by atoms with Gasteiger partial charge in [-0.3, -0.25) is 9.59 Å². The highest BCUT2D eigenvalue weighted by molar-refractivity contribution is 5.87. The number of carbonyl (C=O) groups is 3. The highest BCUT2D eigenvalue weighted by Gasteiger charge is 2.24. The Balaban J connectivity index is 2.62. The molecule has 0 fully saturated rings. The summed E-state index contributed by atoms with van der Waals surface area (Å²) in [7, 11) is 1.43. The van der Waals surface area contributed by atoms with Crippen molar-refractivity contribution >= 4 is 17.8 Å². The van der Waals surface area contributed by atoms with Crippen molar-refractivity contribution in [1.29, 1.82) is 0 Å². The Bertz CT molecular complexity index is 530. The average molecular weight is 306 g/mol. The predicted octanol–water partition coefficient (Wildman–Crippen LogP) is 1.01. The standard InChI is InChI=1S/C16H22N2O4/c1-12(16(21)22)17(3)15(20)11-18(13(2)19)10-9-14-7-5-4-6-8-14/h4-8,12H,9-11H2,1-3H3,(H,21,22). The van der Waals surface area contributed by atoms with Gasteiger partial charge in [-0.05, 0) is 18.9 Å². The first-order valence-corrected chi connectivity index (χ1v) is 7.10. The number of carboxylic acids is 1. The SMILES string of the molecule is CC(=O)N(CCc1ccccc1)CC(=O)N(C)C(C)C(=O)O. The lowest BCUT2D eigenvalue weighted by molar-refractivity contribution is -0.149. The average Bonchev–Trinajstić information content (AvgIpc) is 2.50. The van der Waals surface area contributed by atoms with Crippen LogP contribution in [0, 0.1) is 0 Å². The van der Waals surface area contributed by atoms with Gasteiger partial charge in [0.25, 0.3) is 0 Å². The lowest BCUT2D eigenvalue weighted by atomic mass is 10.1. The number of carbonyl (C=O) groups excluding carboxylic acids is 2. The molecule has 2 amide bonds. The second-order valence-electron chi connectivity index (χ2n) is 5.20. The van der Waals surface area contributed by atoms with Crippen LogP contribution in [-0.4, -0.2) is 58.9 Å². The molecule has 0 saturated carbocycles. The van der Waals surface area contributed by atoms with Gasteiger partial charge in [-0.2, -0.15) is 0 Å². The highest BCUT2D eigenvalue weighted by atomic mass is 16.4. The van der Waals surface area contributed by atoms with Gasteiger partial charge in [-0.25, -0.2) is 4.79 Å². The number of rotatable bonds is 7. The summed E-state index contributed by atoms with van der Waals surface area (Å²) in [5, 5.41) is 8.92. The number of carboxylic acid groups (broad SMARTS) is 1. The van der Waals surface area contributed by atoms with E-state index in [0.29, 0.717) is 13.0 Å². The van der Waals surface area contributed by atoms with Crippen LogP contribution in [-0.2, 0) is 20.8 Å². The largest absolute Gasteiger partial charge is 0.480 e. The second-order valence-corrected chi connectivity index (χ2v) is 5.20. The zero-order valence-corrected chi connectivity index (χ0v) is 13.2. The Morgan fingerprint density at radius 1 is 1.18 bits per heavy atom. The number of amides is 2. The van der Waals surface area contributed by atoms with Gasteiger partial charge >= 0.3 is 5.97 Å². The van der Waals surface area contributed by atoms with Crippen molar-refractivity contribution in [2.24, 2.45) is 0 Å². The van der Waals surface area contributed by atoms with Crippen molar-refractivity contribution in [2.75, 3.05) is 20.1 Å². The molecule has 22 heavy (non-hydrogen) atoms. The van der Waals surface area contributed by atoms with Gasteiger partial charge in [0.15, 0.2) is 0 Å². The van der Waals surface area contributed by atoms with Crippen LogP contribution in [0.1, 0.15) is 19.4 Å². The molecule has 6 nitrogen and oxygen atoms in total. The molecule has 0 aromatic heterocycles. The summed E-state index contributed by atoms with van der Waals surface area (Å²) in [6, 6.07) is 8.74. The fourth-order valence-corrected chi connectivity index (χ4v) is 1.91. The first-order valence-electron chi connectivity index (χ1n) is 7.10. The van der Waals surface area contributed by atoms with E-state index in [0.717, 1.165) is 10.5 Å². The van der Waals surface area contributed by atoms with Crippen LogP contribution in [0.4, 0.5) is 0 Å². The van der Waals surface area contributed by atoms with Gasteiger partial charge in [0.1, 0.15) is 6.04 Å². The maximum absolute atomic E-state index is 12.1. The van der Waals surface area contributed by atoms with Crippen molar-refractivity contribution in [3.05, 3.63) is 35.9 Å². The van der Waals surface area contributed by atoms with Crippen LogP contribution in [0.25, 0.3) is 0 Å². The van der Waals surface area contributed by atoms with E-state index in [1.807, 2.05) is 30.3 Å². The van der Waals surface area contributed by atoms with Crippen LogP contribution in [0.15, 0.2) is 30.3 Å². The van der Waals surface area contributed by atoms with E-state index in [9.17, 15) is 14.4 Å². The minimum atomic E-state index is -1.07. The van der Waals surface area contributed by atoms with Gasteiger partial charge in [0.2, 0.25) is 11.8 Å². The van der Waals surface area contributed by atoms with Crippen molar-refractivity contribution in [1.82, 2.24) is 9.80 Å². The molecule has 0 aliphatic rings. The molecule has 1 unspecified atom stereocenters. The number of nitrogens with zero attached hydrogens (tertiary/aromatic N) is 2. The van der Waals surface area contributed by atoms with Crippen LogP contribution in [0.2, 0.25) is 0 Å². The van der Waals surface area contributed by atoms with E-state index in [4.69, 9.17) is 5.11 Å². The third-order valence-electron chi connectivity index (χ3n) is 3.62. The smallest absolute Gasteiger partial charge is 0.326 e. The maximum atomic E-state index is 12.1. The molecule has 0 aliphatic carbocycles. The van der Waals surface area contributed by atoms with E-state index < -0.39 is 17.9 Å². The molecule has 1 N–H and O–H groups in total. The van der Waals surface area contributed by atoms with Gasteiger partial charge in [0.05, 0.1) is 6.54 Å². The predicted molar refractivity (Wildman–Crippen MR) is 82.3 cm³/mol. The number of benzene rings is 1. The van der Waals surface area contributed by atoms with E-state index in [-0.39, 0.29) is 12.5 Å². The molecule has 1 rings (SSSR count). The number of likely N-dealkylation sites (N-methyl/N-ethyl adjacent to an activating group) is 1. The lowest BCUT2D eigenvalue weighted by Crippen LogP contribution is -2.46. The van der Waals surface area contributed by atoms with E-state index in [1.165, 1.54) is 25.8 Å². The molecule has 1 aromatic rings. The van der Waals surface area contributed by atoms with Crippen LogP contribution < -0.4 is 0 Å². The quantitative estimate of drug-likeness (QED) is 0.815. The van der Waals surface area contributed by atoms with Gasteiger partial charge < -0.3 is 14.9 Å². The molecule has 120 valence electrons. The molecule has 0 saturated heterocycles. The first kappa shape index (κ1) is 17.7. The zero-order chi connectivity index (χ0) is 16.7. The molecule has 0 bridgehead atoms. The fourth-order valence-electron chi connectivity index (χ4n) is 1.91. The molecular weight excluding hydrogens is 284 g/mol. The summed E-state index contributed by atoms with van der Waals surface area (Å²) < 4.78 is 0. The van der Waals surface area contributed by atoms with Crippen molar-refractivity contribution in [3.8, 4) is 0 Å². The van der Waals surface area contributed by atoms with E-state index in [1.54, 1.807) is 0 Å². The Kier molecular flexibility index (Phi) is 6.56. The van der Waals surface area contributed by atoms with Gasteiger partial charge in [-0.15, -0.1) is 0 Å². The molecular formula is C16H22N2O4. The molecule has 1 atom stereocenters. The lowest BCUT2D eigenvalue weighted by Gasteiger charge is -2.26. The van der Waals surface area contributed by atoms with E-state index >= 15 is 0 Å². The molecule has 0 aliphatic heterocycles. The molecule has 0 spiro atoms. The minimum absolute atomic E-state index is 0.115. The Hall–Kier alpha value is -2.37. The molecule has 0 radical (unpaired) electrons. The van der Waals surface area contributed by atoms with Gasteiger partial charge in [-0.1, -0.05) is 30.3 Å². The maximum Gasteiger partial charge on any atom is 0.326 e. The normalized spacial score (nSPS) is 11.6. The number of aliphatic carboxylic acids is 1. The molecule has 1 aromatic carbocycles. The second kappa shape index (κ2) is 8.17. The van der Waals surface area contributed by atoms with Crippen molar-refractivity contribution in [2.45, 2.75) is 26.3 Å². The summed E-state index contributed by atoms with van der Waals surface area (Å²) in [5.74, 6) is -1.67. The fraction of sp³-hybridized carbons (Fsp3) is 0.438. The first-order chi connectivity index (χ1) is 10.3. The van der Waals surface area contributed by atoms with Crippen LogP contribution in [0.5, 0.6) is 0 Å². The summed E-state index contributed by atoms with van der Waals surface area (Å²) in [6.07, 6.45) is 0.645. The van der Waals surface area contributed by atoms with Crippen molar-refractivity contribution in [3.63, 3.8) is 0 Å². The van der Waals surface area contributed by atoms with Crippen LogP contribution >= 0.6 is 0 Å². The number of hydrogen-bond donors (Lipinski definition) is 1. The van der Waals surface area contributed by atoms with E-state index in [2.05, 4.69) is 0 Å². The zero-order valence-electron chi connectivity index (χ0n) is 13.2. The molecule has 0 heterocycles. The van der Waals surface area contributed by atoms with Crippen molar-refractivity contribution < 1.29 is 19.5 Å². The summed E-state index contributed by atoms with van der Waals surface area (Å²) >= 11 is 0. The molecule has 6 heteroatoms. The summed E-state index contributed by atoms with van der Waals surface area (Å²) in [5.41, 5.74) is 1.08. The number of hydrogen-bond acceptors (Lipinski definition) is 3. The third kappa shape index (κ3) is 5.20. The monoisotopic (exact) mass is 306 g/mol. The Labute approximate surface area is 130 Å². The highest BCUT2D eigenvalue weighted by Crippen LogP contribution is 2.04.